The maximum Gasteiger partial charge on any atom is 0.124 e. The first-order chi connectivity index (χ1) is 10.2. The smallest absolute Gasteiger partial charge is 0.124 e. The van der Waals surface area contributed by atoms with E-state index in [0.29, 0.717) is 18.3 Å². The van der Waals surface area contributed by atoms with Crippen LogP contribution in [0.5, 0.6) is 0 Å². The Bertz CT molecular complexity index is 518. The molecule has 0 amide bonds. The Balaban J connectivity index is 1.94. The summed E-state index contributed by atoms with van der Waals surface area (Å²) in [6.07, 6.45) is 6.33. The quantitative estimate of drug-likeness (QED) is 0.859. The van der Waals surface area contributed by atoms with Crippen molar-refractivity contribution in [1.82, 2.24) is 0 Å². The van der Waals surface area contributed by atoms with Crippen molar-refractivity contribution in [1.29, 1.82) is 0 Å². The molecule has 1 fully saturated rings. The van der Waals surface area contributed by atoms with Gasteiger partial charge < -0.3 is 10.5 Å². The molecule has 1 aromatic rings. The van der Waals surface area contributed by atoms with E-state index in [1.54, 1.807) is 0 Å². The Morgan fingerprint density at radius 2 is 2.19 bits per heavy atom. The summed E-state index contributed by atoms with van der Waals surface area (Å²) in [5.41, 5.74) is 6.85. The monoisotopic (exact) mass is 289 g/mol. The van der Waals surface area contributed by atoms with Crippen molar-refractivity contribution >= 4 is 0 Å². The van der Waals surface area contributed by atoms with Gasteiger partial charge in [0.1, 0.15) is 5.82 Å². The molecule has 21 heavy (non-hydrogen) atoms. The van der Waals surface area contributed by atoms with Crippen LogP contribution in [0.25, 0.3) is 0 Å². The minimum atomic E-state index is -0.271. The molecular formula is C18H24FNO. The van der Waals surface area contributed by atoms with Gasteiger partial charge in [0.2, 0.25) is 0 Å². The predicted molar refractivity (Wildman–Crippen MR) is 83.2 cm³/mol. The van der Waals surface area contributed by atoms with Crippen molar-refractivity contribution in [3.8, 4) is 11.8 Å². The van der Waals surface area contributed by atoms with Crippen molar-refractivity contribution < 1.29 is 9.13 Å². The molecule has 2 atom stereocenters. The molecule has 114 valence electrons. The molecule has 2 N–H and O–H groups in total. The van der Waals surface area contributed by atoms with E-state index in [1.807, 2.05) is 6.07 Å². The second kappa shape index (κ2) is 8.17. The highest BCUT2D eigenvalue weighted by atomic mass is 19.1. The summed E-state index contributed by atoms with van der Waals surface area (Å²) in [5, 5.41) is 0. The number of benzene rings is 1. The zero-order valence-corrected chi connectivity index (χ0v) is 12.7. The summed E-state index contributed by atoms with van der Waals surface area (Å²) in [5.74, 6) is 6.13. The van der Waals surface area contributed by atoms with Crippen LogP contribution in [0, 0.1) is 23.6 Å². The molecule has 1 aliphatic carbocycles. The summed E-state index contributed by atoms with van der Waals surface area (Å²) in [4.78, 5) is 0. The molecule has 1 aromatic carbocycles. The van der Waals surface area contributed by atoms with Gasteiger partial charge in [-0.2, -0.15) is 0 Å². The lowest BCUT2D eigenvalue weighted by Gasteiger charge is -2.28. The maximum absolute atomic E-state index is 13.6. The lowest BCUT2D eigenvalue weighted by Crippen LogP contribution is -2.22. The van der Waals surface area contributed by atoms with E-state index in [1.165, 1.54) is 31.4 Å². The second-order valence-electron chi connectivity index (χ2n) is 5.73. The number of halogens is 1. The van der Waals surface area contributed by atoms with Crippen molar-refractivity contribution in [3.63, 3.8) is 0 Å². The Kier molecular flexibility index (Phi) is 6.22. The zero-order valence-electron chi connectivity index (χ0n) is 12.7. The molecule has 2 unspecified atom stereocenters. The van der Waals surface area contributed by atoms with Crippen molar-refractivity contribution in [2.24, 2.45) is 11.7 Å². The highest BCUT2D eigenvalue weighted by molar-refractivity contribution is 5.37. The van der Waals surface area contributed by atoms with E-state index < -0.39 is 0 Å². The molecule has 0 bridgehead atoms. The van der Waals surface area contributed by atoms with Crippen LogP contribution in [0.1, 0.15) is 50.2 Å². The molecule has 3 heteroatoms. The highest BCUT2D eigenvalue weighted by Gasteiger charge is 2.21. The minimum Gasteiger partial charge on any atom is -0.374 e. The minimum absolute atomic E-state index is 0.271. The highest BCUT2D eigenvalue weighted by Crippen LogP contribution is 2.29. The lowest BCUT2D eigenvalue weighted by molar-refractivity contribution is 0.00167. The third kappa shape index (κ3) is 5.15. The first-order valence-corrected chi connectivity index (χ1v) is 7.81. The summed E-state index contributed by atoms with van der Waals surface area (Å²) < 4.78 is 19.6. The third-order valence-electron chi connectivity index (χ3n) is 4.09. The van der Waals surface area contributed by atoms with E-state index in [-0.39, 0.29) is 12.4 Å². The van der Waals surface area contributed by atoms with Gasteiger partial charge in [-0.3, -0.25) is 0 Å². The van der Waals surface area contributed by atoms with Gasteiger partial charge in [-0.15, -0.1) is 0 Å². The standard InChI is InChI=1S/C18H24FNO/c1-2-14-5-3-7-18(12-14)21-13-16-9-15(6-4-8-20)10-17(19)11-16/h9-11,14,18H,2-3,5,7-8,12-13,20H2,1H3. The van der Waals surface area contributed by atoms with Crippen LogP contribution in [0.3, 0.4) is 0 Å². The Hall–Kier alpha value is -1.37. The Morgan fingerprint density at radius 3 is 2.95 bits per heavy atom. The molecular weight excluding hydrogens is 265 g/mol. The molecule has 1 aliphatic rings. The van der Waals surface area contributed by atoms with Gasteiger partial charge in [-0.25, -0.2) is 4.39 Å². The molecule has 1 saturated carbocycles. The molecule has 0 spiro atoms. The lowest BCUT2D eigenvalue weighted by atomic mass is 9.85. The average molecular weight is 289 g/mol. The first kappa shape index (κ1) is 16.0. The van der Waals surface area contributed by atoms with E-state index >= 15 is 0 Å². The van der Waals surface area contributed by atoms with Crippen LogP contribution in [0.2, 0.25) is 0 Å². The molecule has 0 radical (unpaired) electrons. The fourth-order valence-electron chi connectivity index (χ4n) is 2.94. The van der Waals surface area contributed by atoms with E-state index in [9.17, 15) is 4.39 Å². The largest absolute Gasteiger partial charge is 0.374 e. The van der Waals surface area contributed by atoms with Gasteiger partial charge in [0.05, 0.1) is 19.3 Å². The number of rotatable bonds is 4. The number of nitrogens with two attached hydrogens (primary N) is 1. The predicted octanol–water partition coefficient (Wildman–Crippen LogP) is 3.62. The molecule has 0 aliphatic heterocycles. The number of hydrogen-bond acceptors (Lipinski definition) is 2. The van der Waals surface area contributed by atoms with Gasteiger partial charge in [0.25, 0.3) is 0 Å². The summed E-state index contributed by atoms with van der Waals surface area (Å²) in [6, 6.07) is 4.83. The second-order valence-corrected chi connectivity index (χ2v) is 5.73. The molecule has 0 saturated heterocycles. The number of hydrogen-bond donors (Lipinski definition) is 1. The van der Waals surface area contributed by atoms with Gasteiger partial charge >= 0.3 is 0 Å². The van der Waals surface area contributed by atoms with Gasteiger partial charge in [-0.1, -0.05) is 38.0 Å². The first-order valence-electron chi connectivity index (χ1n) is 7.81. The molecule has 0 heterocycles. The van der Waals surface area contributed by atoms with E-state index in [0.717, 1.165) is 24.3 Å². The van der Waals surface area contributed by atoms with Gasteiger partial charge in [0.15, 0.2) is 0 Å². The fraction of sp³-hybridized carbons (Fsp3) is 0.556. The van der Waals surface area contributed by atoms with Crippen molar-refractivity contribution in [2.45, 2.75) is 51.7 Å². The van der Waals surface area contributed by atoms with Crippen LogP contribution in [0.15, 0.2) is 18.2 Å². The SMILES string of the molecule is CCC1CCCC(OCc2cc(F)cc(C#CCN)c2)C1. The normalized spacial score (nSPS) is 21.7. The summed E-state index contributed by atoms with van der Waals surface area (Å²) >= 11 is 0. The molecule has 2 nitrogen and oxygen atoms in total. The van der Waals surface area contributed by atoms with Crippen LogP contribution in [-0.4, -0.2) is 12.6 Å². The van der Waals surface area contributed by atoms with E-state index in [4.69, 9.17) is 10.5 Å². The van der Waals surface area contributed by atoms with Crippen molar-refractivity contribution in [2.75, 3.05) is 6.54 Å². The fourth-order valence-corrected chi connectivity index (χ4v) is 2.94. The van der Waals surface area contributed by atoms with Gasteiger partial charge in [0, 0.05) is 5.56 Å². The third-order valence-corrected chi connectivity index (χ3v) is 4.09. The van der Waals surface area contributed by atoms with Crippen LogP contribution in [-0.2, 0) is 11.3 Å². The molecule has 2 rings (SSSR count). The van der Waals surface area contributed by atoms with Crippen LogP contribution < -0.4 is 5.73 Å². The average Bonchev–Trinajstić information content (AvgIpc) is 2.50. The summed E-state index contributed by atoms with van der Waals surface area (Å²) in [7, 11) is 0. The zero-order chi connectivity index (χ0) is 15.1. The van der Waals surface area contributed by atoms with Gasteiger partial charge in [-0.05, 0) is 42.5 Å². The van der Waals surface area contributed by atoms with Crippen LogP contribution >= 0.6 is 0 Å². The molecule has 0 aromatic heterocycles. The summed E-state index contributed by atoms with van der Waals surface area (Å²) in [6.45, 7) is 2.97. The van der Waals surface area contributed by atoms with Crippen molar-refractivity contribution in [3.05, 3.63) is 35.1 Å². The van der Waals surface area contributed by atoms with E-state index in [2.05, 4.69) is 18.8 Å². The topological polar surface area (TPSA) is 35.2 Å². The number of ether oxygens (including phenoxy) is 1. The Labute approximate surface area is 126 Å². The Morgan fingerprint density at radius 1 is 1.33 bits per heavy atom. The maximum atomic E-state index is 13.6. The van der Waals surface area contributed by atoms with Crippen LogP contribution in [0.4, 0.5) is 4.39 Å².